The Labute approximate surface area is 146 Å². The maximum absolute atomic E-state index is 12.8. The second-order valence-electron chi connectivity index (χ2n) is 5.81. The molecule has 25 heavy (non-hydrogen) atoms. The van der Waals surface area contributed by atoms with Crippen LogP contribution in [0.4, 0.5) is 13.2 Å². The SMILES string of the molecule is C=S1(=O)CCN(C(=O)c2ccc(-c3noc(C(F)(F)F)c3C)s2)CC1. The minimum absolute atomic E-state index is 0.0794. The monoisotopic (exact) mass is 392 g/mol. The lowest BCUT2D eigenvalue weighted by Crippen LogP contribution is -2.43. The van der Waals surface area contributed by atoms with E-state index in [9.17, 15) is 22.2 Å². The van der Waals surface area contributed by atoms with E-state index in [0.29, 0.717) is 34.3 Å². The number of nitrogens with zero attached hydrogens (tertiary/aromatic N) is 2. The molecule has 5 nitrogen and oxygen atoms in total. The minimum Gasteiger partial charge on any atom is -0.351 e. The lowest BCUT2D eigenvalue weighted by molar-refractivity contribution is -0.156. The fourth-order valence-corrected chi connectivity index (χ4v) is 4.86. The van der Waals surface area contributed by atoms with Gasteiger partial charge >= 0.3 is 6.18 Å². The van der Waals surface area contributed by atoms with Crippen LogP contribution in [0.1, 0.15) is 21.0 Å². The Morgan fingerprint density at radius 3 is 2.56 bits per heavy atom. The molecule has 0 aromatic carbocycles. The molecule has 1 saturated heterocycles. The number of aromatic nitrogens is 1. The van der Waals surface area contributed by atoms with Gasteiger partial charge in [-0.15, -0.1) is 11.3 Å². The van der Waals surface area contributed by atoms with Crippen molar-refractivity contribution in [3.63, 3.8) is 0 Å². The standard InChI is InChI=1S/C15H15F3N2O3S2/c1-9-12(19-23-13(9)15(16,17)18)10-3-4-11(24-10)14(21)20-5-7-25(2,22)8-6-20/h3-4H,2,5-8H2,1H3. The molecule has 0 saturated carbocycles. The van der Waals surface area contributed by atoms with Crippen LogP contribution in [0.3, 0.4) is 0 Å². The van der Waals surface area contributed by atoms with Gasteiger partial charge in [-0.1, -0.05) is 5.16 Å². The molecule has 136 valence electrons. The van der Waals surface area contributed by atoms with Gasteiger partial charge in [0.25, 0.3) is 5.91 Å². The van der Waals surface area contributed by atoms with Crippen LogP contribution in [0.25, 0.3) is 10.6 Å². The Morgan fingerprint density at radius 1 is 1.36 bits per heavy atom. The highest BCUT2D eigenvalue weighted by atomic mass is 32.2. The van der Waals surface area contributed by atoms with Crippen molar-refractivity contribution in [1.82, 2.24) is 10.1 Å². The maximum Gasteiger partial charge on any atom is 0.452 e. The number of hydrogen-bond acceptors (Lipinski definition) is 5. The summed E-state index contributed by atoms with van der Waals surface area (Å²) in [4.78, 5) is 14.9. The van der Waals surface area contributed by atoms with Gasteiger partial charge < -0.3 is 9.42 Å². The van der Waals surface area contributed by atoms with Crippen molar-refractivity contribution in [2.45, 2.75) is 13.1 Å². The van der Waals surface area contributed by atoms with E-state index in [1.807, 2.05) is 0 Å². The highest BCUT2D eigenvalue weighted by molar-refractivity contribution is 8.00. The van der Waals surface area contributed by atoms with E-state index in [1.165, 1.54) is 6.92 Å². The molecule has 3 rings (SSSR count). The third kappa shape index (κ3) is 3.59. The molecule has 0 radical (unpaired) electrons. The Morgan fingerprint density at radius 2 is 2.00 bits per heavy atom. The van der Waals surface area contributed by atoms with Gasteiger partial charge in [0.15, 0.2) is 0 Å². The normalized spacial score (nSPS) is 17.7. The molecule has 1 aliphatic heterocycles. The minimum atomic E-state index is -4.61. The van der Waals surface area contributed by atoms with Gasteiger partial charge in [-0.2, -0.15) is 13.2 Å². The summed E-state index contributed by atoms with van der Waals surface area (Å²) >= 11 is 1.06. The molecule has 3 heterocycles. The Bertz CT molecular complexity index is 899. The van der Waals surface area contributed by atoms with Gasteiger partial charge in [-0.25, -0.2) is 0 Å². The number of thiophene rings is 1. The molecule has 10 heteroatoms. The van der Waals surface area contributed by atoms with E-state index in [-0.39, 0.29) is 17.2 Å². The summed E-state index contributed by atoms with van der Waals surface area (Å²) in [5.74, 6) is 3.00. The summed E-state index contributed by atoms with van der Waals surface area (Å²) < 4.78 is 54.7. The number of hydrogen-bond donors (Lipinski definition) is 0. The Balaban J connectivity index is 1.81. The van der Waals surface area contributed by atoms with E-state index in [0.717, 1.165) is 11.3 Å². The van der Waals surface area contributed by atoms with E-state index in [4.69, 9.17) is 0 Å². The van der Waals surface area contributed by atoms with Crippen LogP contribution in [-0.4, -0.2) is 50.6 Å². The first-order valence-corrected chi connectivity index (χ1v) is 10.2. The largest absolute Gasteiger partial charge is 0.452 e. The van der Waals surface area contributed by atoms with Crippen molar-refractivity contribution < 1.29 is 26.7 Å². The third-order valence-electron chi connectivity index (χ3n) is 3.99. The molecular formula is C15H15F3N2O3S2. The van der Waals surface area contributed by atoms with E-state index < -0.39 is 21.5 Å². The summed E-state index contributed by atoms with van der Waals surface area (Å²) in [6.07, 6.45) is -4.61. The first-order chi connectivity index (χ1) is 11.6. The molecule has 2 aromatic rings. The quantitative estimate of drug-likeness (QED) is 0.738. The molecule has 0 N–H and O–H groups in total. The van der Waals surface area contributed by atoms with Crippen molar-refractivity contribution in [3.8, 4) is 10.6 Å². The summed E-state index contributed by atoms with van der Waals surface area (Å²) in [6, 6.07) is 3.11. The Kier molecular flexibility index (Phi) is 4.44. The predicted molar refractivity (Wildman–Crippen MR) is 90.5 cm³/mol. The third-order valence-corrected chi connectivity index (χ3v) is 6.92. The number of carbonyl (C=O) groups excluding carboxylic acids is 1. The molecule has 2 aromatic heterocycles. The van der Waals surface area contributed by atoms with Crippen LogP contribution in [0, 0.1) is 6.92 Å². The van der Waals surface area contributed by atoms with Crippen LogP contribution in [0.15, 0.2) is 16.7 Å². The molecule has 1 aliphatic rings. The van der Waals surface area contributed by atoms with Gasteiger partial charge in [-0.05, 0) is 34.4 Å². The van der Waals surface area contributed by atoms with Crippen molar-refractivity contribution in [1.29, 1.82) is 0 Å². The smallest absolute Gasteiger partial charge is 0.351 e. The van der Waals surface area contributed by atoms with Crippen LogP contribution < -0.4 is 0 Å². The molecule has 0 bridgehead atoms. The average Bonchev–Trinajstić information content (AvgIpc) is 3.12. The zero-order valence-corrected chi connectivity index (χ0v) is 14.9. The molecule has 1 fully saturated rings. The summed E-state index contributed by atoms with van der Waals surface area (Å²) in [6.45, 7) is 2.00. The van der Waals surface area contributed by atoms with Crippen LogP contribution in [0.5, 0.6) is 0 Å². The van der Waals surface area contributed by atoms with E-state index in [2.05, 4.69) is 15.6 Å². The number of carbonyl (C=O) groups is 1. The van der Waals surface area contributed by atoms with Crippen LogP contribution in [-0.2, 0) is 15.7 Å². The maximum atomic E-state index is 12.8. The zero-order valence-electron chi connectivity index (χ0n) is 13.3. The van der Waals surface area contributed by atoms with Crippen LogP contribution >= 0.6 is 11.3 Å². The molecule has 0 aliphatic carbocycles. The Hall–Kier alpha value is -1.81. The van der Waals surface area contributed by atoms with Gasteiger partial charge in [0.05, 0.1) is 9.75 Å². The fraction of sp³-hybridized carbons (Fsp3) is 0.400. The average molecular weight is 392 g/mol. The van der Waals surface area contributed by atoms with Crippen molar-refractivity contribution in [3.05, 3.63) is 28.3 Å². The predicted octanol–water partition coefficient (Wildman–Crippen LogP) is 2.90. The summed E-state index contributed by atoms with van der Waals surface area (Å²) in [5.41, 5.74) is -0.0288. The first kappa shape index (κ1) is 18.0. The van der Waals surface area contributed by atoms with Crippen molar-refractivity contribution in [2.75, 3.05) is 24.6 Å². The number of rotatable bonds is 2. The summed E-state index contributed by atoms with van der Waals surface area (Å²) in [7, 11) is -2.11. The summed E-state index contributed by atoms with van der Waals surface area (Å²) in [5, 5.41) is 3.50. The van der Waals surface area contributed by atoms with Gasteiger partial charge in [0.2, 0.25) is 5.76 Å². The highest BCUT2D eigenvalue weighted by Crippen LogP contribution is 2.38. The number of amides is 1. The molecule has 0 atom stereocenters. The zero-order chi connectivity index (χ0) is 18.4. The first-order valence-electron chi connectivity index (χ1n) is 7.34. The lowest BCUT2D eigenvalue weighted by Gasteiger charge is -2.28. The van der Waals surface area contributed by atoms with Gasteiger partial charge in [-0.3, -0.25) is 9.00 Å². The van der Waals surface area contributed by atoms with E-state index in [1.54, 1.807) is 17.0 Å². The topological polar surface area (TPSA) is 63.4 Å². The van der Waals surface area contributed by atoms with Crippen molar-refractivity contribution >= 4 is 32.6 Å². The second-order valence-corrected chi connectivity index (χ2v) is 9.65. The van der Waals surface area contributed by atoms with Crippen LogP contribution in [0.2, 0.25) is 0 Å². The van der Waals surface area contributed by atoms with Gasteiger partial charge in [0, 0.05) is 30.2 Å². The highest BCUT2D eigenvalue weighted by Gasteiger charge is 2.39. The van der Waals surface area contributed by atoms with Crippen molar-refractivity contribution in [2.24, 2.45) is 0 Å². The lowest BCUT2D eigenvalue weighted by atomic mass is 10.2. The van der Waals surface area contributed by atoms with Gasteiger partial charge in [0.1, 0.15) is 5.69 Å². The molecule has 0 spiro atoms. The number of alkyl halides is 3. The van der Waals surface area contributed by atoms with E-state index >= 15 is 0 Å². The molecule has 1 amide bonds. The fourth-order valence-electron chi connectivity index (χ4n) is 2.54. The second kappa shape index (κ2) is 6.17. The number of halogens is 3. The molecular weight excluding hydrogens is 377 g/mol. The molecule has 0 unspecified atom stereocenters.